The number of aliphatic hydroxyl groups is 1. The maximum atomic E-state index is 10.6. The van der Waals surface area contributed by atoms with Gasteiger partial charge in [-0.15, -0.1) is 0 Å². The fourth-order valence-corrected chi connectivity index (χ4v) is 2.51. The second-order valence-corrected chi connectivity index (χ2v) is 4.96. The molecule has 0 bridgehead atoms. The molecule has 1 rings (SSSR count). The molecule has 1 aliphatic heterocycles. The number of piperidine rings is 1. The van der Waals surface area contributed by atoms with Crippen molar-refractivity contribution in [2.75, 3.05) is 26.2 Å². The lowest BCUT2D eigenvalue weighted by molar-refractivity contribution is -0.118. The lowest BCUT2D eigenvalue weighted by Crippen LogP contribution is -2.45. The number of carbonyl (C=O) groups excluding carboxylic acids is 1. The summed E-state index contributed by atoms with van der Waals surface area (Å²) in [6.45, 7) is 5.38. The Hall–Kier alpha value is -0.610. The Morgan fingerprint density at radius 2 is 2.31 bits per heavy atom. The number of nitrogens with zero attached hydrogens (tertiary/aromatic N) is 1. The molecule has 1 saturated heterocycles. The summed E-state index contributed by atoms with van der Waals surface area (Å²) in [5.74, 6) is -0.221. The average molecular weight is 228 g/mol. The van der Waals surface area contributed by atoms with E-state index in [1.165, 1.54) is 0 Å². The average Bonchev–Trinajstić information content (AvgIpc) is 2.29. The number of likely N-dealkylation sites (tertiary alicyclic amines) is 1. The first-order valence-electron chi connectivity index (χ1n) is 6.23. The van der Waals surface area contributed by atoms with Crippen LogP contribution in [0.4, 0.5) is 0 Å². The van der Waals surface area contributed by atoms with Crippen LogP contribution in [0.3, 0.4) is 0 Å². The molecule has 4 heteroatoms. The fourth-order valence-electron chi connectivity index (χ4n) is 2.51. The van der Waals surface area contributed by atoms with Gasteiger partial charge in [-0.3, -0.25) is 4.79 Å². The summed E-state index contributed by atoms with van der Waals surface area (Å²) in [4.78, 5) is 13.0. The van der Waals surface area contributed by atoms with Gasteiger partial charge in [0.15, 0.2) is 0 Å². The predicted molar refractivity (Wildman–Crippen MR) is 63.9 cm³/mol. The van der Waals surface area contributed by atoms with Gasteiger partial charge in [0, 0.05) is 25.0 Å². The van der Waals surface area contributed by atoms with E-state index >= 15 is 0 Å². The van der Waals surface area contributed by atoms with E-state index < -0.39 is 0 Å². The summed E-state index contributed by atoms with van der Waals surface area (Å²) in [5.41, 5.74) is 5.20. The normalized spacial score (nSPS) is 26.9. The van der Waals surface area contributed by atoms with Crippen molar-refractivity contribution in [3.63, 3.8) is 0 Å². The van der Waals surface area contributed by atoms with E-state index in [-0.39, 0.29) is 17.9 Å². The molecule has 0 unspecified atom stereocenters. The second kappa shape index (κ2) is 6.21. The lowest BCUT2D eigenvalue weighted by Gasteiger charge is -2.41. The van der Waals surface area contributed by atoms with Crippen LogP contribution in [0.15, 0.2) is 0 Å². The smallest absolute Gasteiger partial charge is 0.217 e. The van der Waals surface area contributed by atoms with Gasteiger partial charge in [0.1, 0.15) is 0 Å². The van der Waals surface area contributed by atoms with Crippen LogP contribution < -0.4 is 5.73 Å². The molecule has 0 aliphatic carbocycles. The predicted octanol–water partition coefficient (Wildman–Crippen LogP) is 0.736. The third-order valence-corrected chi connectivity index (χ3v) is 3.72. The van der Waals surface area contributed by atoms with Gasteiger partial charge in [-0.25, -0.2) is 0 Å². The molecule has 0 radical (unpaired) electrons. The largest absolute Gasteiger partial charge is 0.396 e. The molecular formula is C12H24N2O2. The van der Waals surface area contributed by atoms with E-state index in [1.54, 1.807) is 0 Å². The minimum atomic E-state index is -0.221. The molecule has 0 saturated carbocycles. The van der Waals surface area contributed by atoms with Crippen molar-refractivity contribution >= 4 is 5.91 Å². The number of carbonyl (C=O) groups is 1. The van der Waals surface area contributed by atoms with Crippen molar-refractivity contribution in [1.82, 2.24) is 4.90 Å². The van der Waals surface area contributed by atoms with Crippen molar-refractivity contribution < 1.29 is 9.90 Å². The minimum absolute atomic E-state index is 0.0883. The number of amides is 1. The molecule has 16 heavy (non-hydrogen) atoms. The van der Waals surface area contributed by atoms with Crippen molar-refractivity contribution in [3.8, 4) is 0 Å². The second-order valence-electron chi connectivity index (χ2n) is 4.96. The summed E-state index contributed by atoms with van der Waals surface area (Å²) in [6.07, 6.45) is 4.59. The Morgan fingerprint density at radius 1 is 1.56 bits per heavy atom. The van der Waals surface area contributed by atoms with E-state index in [0.29, 0.717) is 6.42 Å². The Balaban J connectivity index is 2.35. The Kier molecular flexibility index (Phi) is 5.22. The van der Waals surface area contributed by atoms with Crippen LogP contribution >= 0.6 is 0 Å². The molecule has 1 aliphatic rings. The quantitative estimate of drug-likeness (QED) is 0.704. The number of aliphatic hydroxyl groups excluding tert-OH is 1. The number of primary amides is 1. The van der Waals surface area contributed by atoms with Gasteiger partial charge in [0.2, 0.25) is 5.91 Å². The van der Waals surface area contributed by atoms with E-state index in [4.69, 9.17) is 5.73 Å². The zero-order valence-electron chi connectivity index (χ0n) is 10.2. The summed E-state index contributed by atoms with van der Waals surface area (Å²) < 4.78 is 0. The summed E-state index contributed by atoms with van der Waals surface area (Å²) >= 11 is 0. The summed E-state index contributed by atoms with van der Waals surface area (Å²) in [5, 5.41) is 9.47. The number of rotatable bonds is 6. The van der Waals surface area contributed by atoms with Gasteiger partial charge in [0.05, 0.1) is 0 Å². The van der Waals surface area contributed by atoms with Crippen LogP contribution in [0.25, 0.3) is 0 Å². The maximum absolute atomic E-state index is 10.6. The molecule has 0 aromatic carbocycles. The number of hydrogen-bond acceptors (Lipinski definition) is 3. The number of hydrogen-bond donors (Lipinski definition) is 2. The highest BCUT2D eigenvalue weighted by molar-refractivity contribution is 5.73. The van der Waals surface area contributed by atoms with Gasteiger partial charge in [-0.2, -0.15) is 0 Å². The SMILES string of the molecule is CC[C@]1(CO)CCCN(CCCC(N)=O)C1. The van der Waals surface area contributed by atoms with Crippen molar-refractivity contribution in [3.05, 3.63) is 0 Å². The van der Waals surface area contributed by atoms with Crippen LogP contribution in [0.2, 0.25) is 0 Å². The highest BCUT2D eigenvalue weighted by atomic mass is 16.3. The molecule has 1 atom stereocenters. The standard InChI is InChI=1S/C12H24N2O2/c1-2-12(10-15)6-4-8-14(9-12)7-3-5-11(13)16/h15H,2-10H2,1H3,(H2,13,16)/t12-/m0/s1. The number of nitrogens with two attached hydrogens (primary N) is 1. The molecular weight excluding hydrogens is 204 g/mol. The van der Waals surface area contributed by atoms with Crippen LogP contribution in [0.5, 0.6) is 0 Å². The first kappa shape index (κ1) is 13.5. The Labute approximate surface area is 97.8 Å². The molecule has 0 aromatic heterocycles. The minimum Gasteiger partial charge on any atom is -0.396 e. The van der Waals surface area contributed by atoms with Crippen molar-refractivity contribution in [2.45, 2.75) is 39.0 Å². The molecule has 3 N–H and O–H groups in total. The first-order chi connectivity index (χ1) is 7.62. The van der Waals surface area contributed by atoms with E-state index in [1.807, 2.05) is 0 Å². The zero-order valence-corrected chi connectivity index (χ0v) is 10.2. The van der Waals surface area contributed by atoms with Crippen LogP contribution in [-0.4, -0.2) is 42.2 Å². The van der Waals surface area contributed by atoms with Gasteiger partial charge in [0.25, 0.3) is 0 Å². The van der Waals surface area contributed by atoms with Crippen LogP contribution in [0.1, 0.15) is 39.0 Å². The van der Waals surface area contributed by atoms with Gasteiger partial charge in [-0.1, -0.05) is 6.92 Å². The summed E-state index contributed by atoms with van der Waals surface area (Å²) in [6, 6.07) is 0. The fraction of sp³-hybridized carbons (Fsp3) is 0.917. The molecule has 1 heterocycles. The van der Waals surface area contributed by atoms with Crippen molar-refractivity contribution in [1.29, 1.82) is 0 Å². The monoisotopic (exact) mass is 228 g/mol. The highest BCUT2D eigenvalue weighted by Crippen LogP contribution is 2.32. The highest BCUT2D eigenvalue weighted by Gasteiger charge is 2.32. The summed E-state index contributed by atoms with van der Waals surface area (Å²) in [7, 11) is 0. The topological polar surface area (TPSA) is 66.6 Å². The van der Waals surface area contributed by atoms with E-state index in [0.717, 1.165) is 45.3 Å². The van der Waals surface area contributed by atoms with E-state index in [2.05, 4.69) is 11.8 Å². The maximum Gasteiger partial charge on any atom is 0.217 e. The Bertz CT molecular complexity index is 227. The van der Waals surface area contributed by atoms with Gasteiger partial charge < -0.3 is 15.7 Å². The molecule has 0 aromatic rings. The molecule has 94 valence electrons. The third-order valence-electron chi connectivity index (χ3n) is 3.72. The molecule has 4 nitrogen and oxygen atoms in total. The third kappa shape index (κ3) is 3.76. The van der Waals surface area contributed by atoms with Gasteiger partial charge >= 0.3 is 0 Å². The molecule has 1 amide bonds. The van der Waals surface area contributed by atoms with Crippen LogP contribution in [-0.2, 0) is 4.79 Å². The molecule has 1 fully saturated rings. The molecule has 0 spiro atoms. The van der Waals surface area contributed by atoms with Gasteiger partial charge in [-0.05, 0) is 38.8 Å². The Morgan fingerprint density at radius 3 is 2.88 bits per heavy atom. The van der Waals surface area contributed by atoms with E-state index in [9.17, 15) is 9.90 Å². The van der Waals surface area contributed by atoms with Crippen molar-refractivity contribution in [2.24, 2.45) is 11.1 Å². The van der Waals surface area contributed by atoms with Crippen LogP contribution in [0, 0.1) is 5.41 Å². The lowest BCUT2D eigenvalue weighted by atomic mass is 9.78. The first-order valence-corrected chi connectivity index (χ1v) is 6.23. The zero-order chi connectivity index (χ0) is 12.0.